The summed E-state index contributed by atoms with van der Waals surface area (Å²) >= 11 is 0. The van der Waals surface area contributed by atoms with Crippen molar-refractivity contribution in [1.82, 2.24) is 0 Å². The summed E-state index contributed by atoms with van der Waals surface area (Å²) in [6.07, 6.45) is 1.69. The predicted molar refractivity (Wildman–Crippen MR) is 60.9 cm³/mol. The summed E-state index contributed by atoms with van der Waals surface area (Å²) in [7, 11) is 1.63. The lowest BCUT2D eigenvalue weighted by Gasteiger charge is -2.09. The summed E-state index contributed by atoms with van der Waals surface area (Å²) in [4.78, 5) is 10.9. The molecule has 3 nitrogen and oxygen atoms in total. The van der Waals surface area contributed by atoms with E-state index in [9.17, 15) is 4.79 Å². The lowest BCUT2D eigenvalue weighted by Crippen LogP contribution is -2.00. The van der Waals surface area contributed by atoms with Gasteiger partial charge in [-0.15, -0.1) is 0 Å². The molecule has 0 heterocycles. The Bertz CT molecular complexity index is 412. The monoisotopic (exact) mass is 220 g/mol. The number of carboxylic acid groups (broad SMARTS) is 1. The number of aryl methyl sites for hydroxylation is 1. The number of carboxylic acids is 1. The van der Waals surface area contributed by atoms with Crippen LogP contribution in [0.15, 0.2) is 18.2 Å². The van der Waals surface area contributed by atoms with Crippen LogP contribution in [0.2, 0.25) is 0 Å². The van der Waals surface area contributed by atoms with Crippen LogP contribution in [0.1, 0.15) is 30.4 Å². The van der Waals surface area contributed by atoms with Gasteiger partial charge in [0.15, 0.2) is 0 Å². The van der Waals surface area contributed by atoms with E-state index in [-0.39, 0.29) is 11.8 Å². The van der Waals surface area contributed by atoms with Crippen LogP contribution in [0.5, 0.6) is 5.75 Å². The van der Waals surface area contributed by atoms with Gasteiger partial charge in [0.25, 0.3) is 0 Å². The van der Waals surface area contributed by atoms with Gasteiger partial charge in [-0.3, -0.25) is 4.79 Å². The molecule has 1 aliphatic carbocycles. The van der Waals surface area contributed by atoms with E-state index in [0.29, 0.717) is 0 Å². The van der Waals surface area contributed by atoms with Crippen LogP contribution in [0.25, 0.3) is 0 Å². The van der Waals surface area contributed by atoms with Gasteiger partial charge in [0, 0.05) is 5.92 Å². The zero-order chi connectivity index (χ0) is 11.7. The Kier molecular flexibility index (Phi) is 2.86. The van der Waals surface area contributed by atoms with Gasteiger partial charge in [0.05, 0.1) is 13.0 Å². The largest absolute Gasteiger partial charge is 0.496 e. The van der Waals surface area contributed by atoms with Crippen molar-refractivity contribution in [1.29, 1.82) is 0 Å². The van der Waals surface area contributed by atoms with Gasteiger partial charge < -0.3 is 9.84 Å². The molecule has 0 saturated heterocycles. The highest BCUT2D eigenvalue weighted by atomic mass is 16.5. The molecule has 16 heavy (non-hydrogen) atoms. The number of hydrogen-bond acceptors (Lipinski definition) is 2. The Morgan fingerprint density at radius 2 is 2.31 bits per heavy atom. The lowest BCUT2D eigenvalue weighted by molar-refractivity contribution is -0.138. The number of methoxy groups -OCH3 is 1. The average Bonchev–Trinajstić information content (AvgIpc) is 3.08. The highest BCUT2D eigenvalue weighted by molar-refractivity contribution is 5.75. The third-order valence-electron chi connectivity index (χ3n) is 3.21. The SMILES string of the molecule is CCc1ccc(OC)c(C2CC2C(=O)O)c1. The van der Waals surface area contributed by atoms with E-state index in [0.717, 1.165) is 24.2 Å². The number of benzene rings is 1. The minimum absolute atomic E-state index is 0.138. The highest BCUT2D eigenvalue weighted by Gasteiger charge is 2.45. The molecule has 0 radical (unpaired) electrons. The summed E-state index contributed by atoms with van der Waals surface area (Å²) in [5.41, 5.74) is 2.28. The predicted octanol–water partition coefficient (Wildman–Crippen LogP) is 2.45. The first-order valence-corrected chi connectivity index (χ1v) is 5.57. The molecule has 0 spiro atoms. The molecular weight excluding hydrogens is 204 g/mol. The van der Waals surface area contributed by atoms with Crippen LogP contribution in [0.3, 0.4) is 0 Å². The van der Waals surface area contributed by atoms with Crippen molar-refractivity contribution in [3.05, 3.63) is 29.3 Å². The van der Waals surface area contributed by atoms with Gasteiger partial charge in [-0.25, -0.2) is 0 Å². The Balaban J connectivity index is 2.28. The van der Waals surface area contributed by atoms with Crippen LogP contribution in [0.4, 0.5) is 0 Å². The maximum Gasteiger partial charge on any atom is 0.307 e. The quantitative estimate of drug-likeness (QED) is 0.847. The fraction of sp³-hybridized carbons (Fsp3) is 0.462. The van der Waals surface area contributed by atoms with E-state index in [4.69, 9.17) is 9.84 Å². The summed E-state index contributed by atoms with van der Waals surface area (Å²) < 4.78 is 5.28. The van der Waals surface area contributed by atoms with E-state index < -0.39 is 5.97 Å². The minimum atomic E-state index is -0.700. The van der Waals surface area contributed by atoms with Crippen LogP contribution in [-0.4, -0.2) is 18.2 Å². The molecule has 1 aromatic carbocycles. The highest BCUT2D eigenvalue weighted by Crippen LogP contribution is 2.50. The molecule has 2 atom stereocenters. The van der Waals surface area contributed by atoms with Crippen LogP contribution in [-0.2, 0) is 11.2 Å². The van der Waals surface area contributed by atoms with Crippen LogP contribution in [0, 0.1) is 5.92 Å². The molecule has 1 aliphatic rings. The van der Waals surface area contributed by atoms with Gasteiger partial charge in [0.1, 0.15) is 5.75 Å². The smallest absolute Gasteiger partial charge is 0.307 e. The Labute approximate surface area is 95.0 Å². The third kappa shape index (κ3) is 1.90. The molecule has 1 N–H and O–H groups in total. The molecule has 1 aromatic rings. The van der Waals surface area contributed by atoms with Gasteiger partial charge in [0.2, 0.25) is 0 Å². The maximum absolute atomic E-state index is 10.9. The summed E-state index contributed by atoms with van der Waals surface area (Å²) in [6, 6.07) is 6.04. The molecule has 1 saturated carbocycles. The molecule has 0 aliphatic heterocycles. The second-order valence-electron chi connectivity index (χ2n) is 4.22. The van der Waals surface area contributed by atoms with E-state index in [1.807, 2.05) is 12.1 Å². The molecule has 2 unspecified atom stereocenters. The van der Waals surface area contributed by atoms with Gasteiger partial charge in [-0.05, 0) is 30.0 Å². The van der Waals surface area contributed by atoms with Gasteiger partial charge >= 0.3 is 5.97 Å². The van der Waals surface area contributed by atoms with Crippen molar-refractivity contribution in [3.8, 4) is 5.75 Å². The van der Waals surface area contributed by atoms with E-state index in [1.54, 1.807) is 7.11 Å². The molecule has 86 valence electrons. The molecule has 2 rings (SSSR count). The fourth-order valence-corrected chi connectivity index (χ4v) is 2.11. The summed E-state index contributed by atoms with van der Waals surface area (Å²) in [5, 5.41) is 8.93. The Hall–Kier alpha value is -1.51. The van der Waals surface area contributed by atoms with Gasteiger partial charge in [-0.1, -0.05) is 19.1 Å². The minimum Gasteiger partial charge on any atom is -0.496 e. The molecule has 3 heteroatoms. The van der Waals surface area contributed by atoms with Crippen LogP contribution >= 0.6 is 0 Å². The zero-order valence-corrected chi connectivity index (χ0v) is 9.56. The first-order chi connectivity index (χ1) is 7.67. The second kappa shape index (κ2) is 4.16. The topological polar surface area (TPSA) is 46.5 Å². The molecule has 1 fully saturated rings. The number of hydrogen-bond donors (Lipinski definition) is 1. The average molecular weight is 220 g/mol. The number of aliphatic carboxylic acids is 1. The second-order valence-corrected chi connectivity index (χ2v) is 4.22. The number of rotatable bonds is 4. The fourth-order valence-electron chi connectivity index (χ4n) is 2.11. The Morgan fingerprint density at radius 1 is 1.56 bits per heavy atom. The van der Waals surface area contributed by atoms with Crippen LogP contribution < -0.4 is 4.74 Å². The third-order valence-corrected chi connectivity index (χ3v) is 3.21. The molecular formula is C13H16O3. The van der Waals surface area contributed by atoms with Crippen molar-refractivity contribution in [2.45, 2.75) is 25.7 Å². The number of ether oxygens (including phenoxy) is 1. The van der Waals surface area contributed by atoms with Crippen molar-refractivity contribution >= 4 is 5.97 Å². The maximum atomic E-state index is 10.9. The normalized spacial score (nSPS) is 22.9. The zero-order valence-electron chi connectivity index (χ0n) is 9.56. The Morgan fingerprint density at radius 3 is 2.81 bits per heavy atom. The first-order valence-electron chi connectivity index (χ1n) is 5.57. The van der Waals surface area contributed by atoms with E-state index >= 15 is 0 Å². The molecule has 0 aromatic heterocycles. The van der Waals surface area contributed by atoms with Crippen molar-refractivity contribution in [2.24, 2.45) is 5.92 Å². The van der Waals surface area contributed by atoms with Crippen molar-refractivity contribution in [3.63, 3.8) is 0 Å². The van der Waals surface area contributed by atoms with Gasteiger partial charge in [-0.2, -0.15) is 0 Å². The summed E-state index contributed by atoms with van der Waals surface area (Å²) in [5.74, 6) is 0.0276. The lowest BCUT2D eigenvalue weighted by atomic mass is 10.0. The standard InChI is InChI=1S/C13H16O3/c1-3-8-4-5-12(16-2)10(6-8)9-7-11(9)13(14)15/h4-6,9,11H,3,7H2,1-2H3,(H,14,15). The van der Waals surface area contributed by atoms with E-state index in [2.05, 4.69) is 13.0 Å². The van der Waals surface area contributed by atoms with Crippen molar-refractivity contribution in [2.75, 3.05) is 7.11 Å². The van der Waals surface area contributed by atoms with Crippen molar-refractivity contribution < 1.29 is 14.6 Å². The molecule has 0 bridgehead atoms. The first kappa shape index (κ1) is 11.0. The molecule has 0 amide bonds. The number of carbonyl (C=O) groups is 1. The van der Waals surface area contributed by atoms with E-state index in [1.165, 1.54) is 5.56 Å². The summed E-state index contributed by atoms with van der Waals surface area (Å²) in [6.45, 7) is 2.09.